The molecule has 0 aliphatic carbocycles. The van der Waals surface area contributed by atoms with E-state index in [1.54, 1.807) is 24.3 Å². The fraction of sp³-hybridized carbons (Fsp3) is 0.333. The largest absolute Gasteiger partial charge is 0.352 e. The van der Waals surface area contributed by atoms with Crippen molar-refractivity contribution in [3.63, 3.8) is 0 Å². The maximum absolute atomic E-state index is 11.8. The van der Waals surface area contributed by atoms with Gasteiger partial charge in [-0.1, -0.05) is 12.1 Å². The summed E-state index contributed by atoms with van der Waals surface area (Å²) in [7, 11) is 0. The number of anilines is 1. The molecule has 0 radical (unpaired) electrons. The zero-order chi connectivity index (χ0) is 13.5. The summed E-state index contributed by atoms with van der Waals surface area (Å²) in [5.41, 5.74) is 3.35. The van der Waals surface area contributed by atoms with Gasteiger partial charge in [-0.3, -0.25) is 15.4 Å². The van der Waals surface area contributed by atoms with Crippen molar-refractivity contribution in [2.45, 2.75) is 19.9 Å². The van der Waals surface area contributed by atoms with Gasteiger partial charge in [-0.15, -0.1) is 0 Å². The fourth-order valence-corrected chi connectivity index (χ4v) is 1.44. The Hall–Kier alpha value is -2.08. The highest BCUT2D eigenvalue weighted by Crippen LogP contribution is 2.12. The van der Waals surface area contributed by atoms with Gasteiger partial charge in [0.25, 0.3) is 5.91 Å². The van der Waals surface area contributed by atoms with E-state index in [4.69, 9.17) is 5.84 Å². The minimum absolute atomic E-state index is 0.0485. The molecule has 0 saturated heterocycles. The van der Waals surface area contributed by atoms with Crippen LogP contribution < -0.4 is 21.9 Å². The standard InChI is InChI=1S/C12H18N4O2/c1-8(2)15-11(17)7-14-12(18)9-5-3-4-6-10(9)16-13/h3-6,8,16H,7,13H2,1-2H3,(H,14,18)(H,15,17). The Balaban J connectivity index is 2.58. The van der Waals surface area contributed by atoms with Crippen molar-refractivity contribution in [2.75, 3.05) is 12.0 Å². The van der Waals surface area contributed by atoms with Crippen molar-refractivity contribution in [1.82, 2.24) is 10.6 Å². The van der Waals surface area contributed by atoms with E-state index in [0.717, 1.165) is 0 Å². The van der Waals surface area contributed by atoms with Gasteiger partial charge in [-0.25, -0.2) is 0 Å². The Morgan fingerprint density at radius 3 is 2.56 bits per heavy atom. The highest BCUT2D eigenvalue weighted by molar-refractivity contribution is 6.01. The first-order chi connectivity index (χ1) is 8.54. The number of para-hydroxylation sites is 1. The SMILES string of the molecule is CC(C)NC(=O)CNC(=O)c1ccccc1NN. The van der Waals surface area contributed by atoms with Gasteiger partial charge in [0, 0.05) is 6.04 Å². The highest BCUT2D eigenvalue weighted by atomic mass is 16.2. The lowest BCUT2D eigenvalue weighted by Gasteiger charge is -2.11. The number of benzene rings is 1. The number of carbonyl (C=O) groups is 2. The molecule has 5 N–H and O–H groups in total. The quantitative estimate of drug-likeness (QED) is 0.444. The third-order valence-electron chi connectivity index (χ3n) is 2.19. The number of hydrazine groups is 1. The second-order valence-electron chi connectivity index (χ2n) is 4.09. The second-order valence-corrected chi connectivity index (χ2v) is 4.09. The van der Waals surface area contributed by atoms with Gasteiger partial charge in [0.1, 0.15) is 0 Å². The van der Waals surface area contributed by atoms with Gasteiger partial charge in [0.15, 0.2) is 0 Å². The van der Waals surface area contributed by atoms with E-state index in [1.165, 1.54) is 0 Å². The minimum atomic E-state index is -0.345. The molecule has 0 saturated carbocycles. The number of nitrogens with two attached hydrogens (primary N) is 1. The molecule has 0 bridgehead atoms. The number of hydrogen-bond acceptors (Lipinski definition) is 4. The Kier molecular flexibility index (Phi) is 5.13. The van der Waals surface area contributed by atoms with Crippen LogP contribution >= 0.6 is 0 Å². The summed E-state index contributed by atoms with van der Waals surface area (Å²) in [5, 5.41) is 5.22. The molecule has 0 aliphatic heterocycles. The fourth-order valence-electron chi connectivity index (χ4n) is 1.44. The first-order valence-corrected chi connectivity index (χ1v) is 5.67. The van der Waals surface area contributed by atoms with Crippen molar-refractivity contribution >= 4 is 17.5 Å². The number of nitrogens with one attached hydrogen (secondary N) is 3. The summed E-state index contributed by atoms with van der Waals surface area (Å²) in [6, 6.07) is 6.85. The van der Waals surface area contributed by atoms with Gasteiger partial charge in [-0.05, 0) is 26.0 Å². The number of amides is 2. The topological polar surface area (TPSA) is 96.2 Å². The lowest BCUT2D eigenvalue weighted by molar-refractivity contribution is -0.120. The normalized spacial score (nSPS) is 10.0. The van der Waals surface area contributed by atoms with Crippen LogP contribution in [0.3, 0.4) is 0 Å². The van der Waals surface area contributed by atoms with Crippen molar-refractivity contribution in [3.8, 4) is 0 Å². The van der Waals surface area contributed by atoms with Gasteiger partial charge in [-0.2, -0.15) is 0 Å². The first kappa shape index (κ1) is 14.0. The first-order valence-electron chi connectivity index (χ1n) is 5.67. The predicted octanol–water partition coefficient (Wildman–Crippen LogP) is 0.227. The molecule has 1 rings (SSSR count). The van der Waals surface area contributed by atoms with Crippen molar-refractivity contribution in [3.05, 3.63) is 29.8 Å². The van der Waals surface area contributed by atoms with Gasteiger partial charge >= 0.3 is 0 Å². The van der Waals surface area contributed by atoms with Crippen LogP contribution in [0.1, 0.15) is 24.2 Å². The van der Waals surface area contributed by atoms with Crippen molar-refractivity contribution < 1.29 is 9.59 Å². The van der Waals surface area contributed by atoms with Crippen LogP contribution in [0.25, 0.3) is 0 Å². The Labute approximate surface area is 106 Å². The summed E-state index contributed by atoms with van der Waals surface area (Å²) in [4.78, 5) is 23.2. The smallest absolute Gasteiger partial charge is 0.253 e. The molecule has 1 aromatic rings. The maximum Gasteiger partial charge on any atom is 0.253 e. The van der Waals surface area contributed by atoms with Crippen LogP contribution in [-0.2, 0) is 4.79 Å². The van der Waals surface area contributed by atoms with E-state index in [-0.39, 0.29) is 24.4 Å². The summed E-state index contributed by atoms with van der Waals surface area (Å²) in [6.45, 7) is 3.65. The molecule has 98 valence electrons. The van der Waals surface area contributed by atoms with Crippen LogP contribution in [0.5, 0.6) is 0 Å². The molecule has 0 atom stereocenters. The third kappa shape index (κ3) is 4.06. The molecule has 0 aliphatic rings. The van der Waals surface area contributed by atoms with Gasteiger partial charge in [0.2, 0.25) is 5.91 Å². The zero-order valence-electron chi connectivity index (χ0n) is 10.5. The van der Waals surface area contributed by atoms with Crippen LogP contribution in [0, 0.1) is 0 Å². The average Bonchev–Trinajstić information content (AvgIpc) is 2.35. The Morgan fingerprint density at radius 2 is 1.94 bits per heavy atom. The molecular weight excluding hydrogens is 232 g/mol. The second kappa shape index (κ2) is 6.61. The minimum Gasteiger partial charge on any atom is -0.352 e. The lowest BCUT2D eigenvalue weighted by Crippen LogP contribution is -2.40. The number of carbonyl (C=O) groups excluding carboxylic acids is 2. The van der Waals surface area contributed by atoms with Crippen molar-refractivity contribution in [2.24, 2.45) is 5.84 Å². The van der Waals surface area contributed by atoms with Crippen LogP contribution in [0.2, 0.25) is 0 Å². The van der Waals surface area contributed by atoms with Crippen molar-refractivity contribution in [1.29, 1.82) is 0 Å². The zero-order valence-corrected chi connectivity index (χ0v) is 10.5. The number of rotatable bonds is 5. The summed E-state index contributed by atoms with van der Waals surface area (Å²) in [5.74, 6) is 4.73. The monoisotopic (exact) mass is 250 g/mol. The van der Waals surface area contributed by atoms with E-state index in [1.807, 2.05) is 13.8 Å². The van der Waals surface area contributed by atoms with E-state index in [2.05, 4.69) is 16.1 Å². The molecule has 2 amide bonds. The summed E-state index contributed by atoms with van der Waals surface area (Å²) in [6.07, 6.45) is 0. The third-order valence-corrected chi connectivity index (χ3v) is 2.19. The number of nitrogen functional groups attached to an aromatic ring is 1. The Morgan fingerprint density at radius 1 is 1.28 bits per heavy atom. The van der Waals surface area contributed by atoms with Crippen LogP contribution in [-0.4, -0.2) is 24.4 Å². The average molecular weight is 250 g/mol. The van der Waals surface area contributed by atoms with E-state index < -0.39 is 0 Å². The molecule has 6 nitrogen and oxygen atoms in total. The molecule has 0 unspecified atom stereocenters. The predicted molar refractivity (Wildman–Crippen MR) is 69.9 cm³/mol. The number of hydrogen-bond donors (Lipinski definition) is 4. The molecule has 6 heteroatoms. The molecule has 1 aromatic carbocycles. The molecule has 0 fully saturated rings. The van der Waals surface area contributed by atoms with E-state index in [0.29, 0.717) is 11.3 Å². The van der Waals surface area contributed by atoms with Gasteiger partial charge < -0.3 is 16.1 Å². The van der Waals surface area contributed by atoms with Crippen LogP contribution in [0.15, 0.2) is 24.3 Å². The van der Waals surface area contributed by atoms with E-state index >= 15 is 0 Å². The molecule has 0 heterocycles. The summed E-state index contributed by atoms with van der Waals surface area (Å²) < 4.78 is 0. The highest BCUT2D eigenvalue weighted by Gasteiger charge is 2.11. The molecule has 18 heavy (non-hydrogen) atoms. The van der Waals surface area contributed by atoms with Gasteiger partial charge in [0.05, 0.1) is 17.8 Å². The molecule has 0 aromatic heterocycles. The molecule has 0 spiro atoms. The molecular formula is C12H18N4O2. The lowest BCUT2D eigenvalue weighted by atomic mass is 10.1. The van der Waals surface area contributed by atoms with E-state index in [9.17, 15) is 9.59 Å². The van der Waals surface area contributed by atoms with Crippen LogP contribution in [0.4, 0.5) is 5.69 Å². The maximum atomic E-state index is 11.8. The summed E-state index contributed by atoms with van der Waals surface area (Å²) >= 11 is 0. The Bertz CT molecular complexity index is 432.